The summed E-state index contributed by atoms with van der Waals surface area (Å²) in [4.78, 5) is 17.2. The van der Waals surface area contributed by atoms with E-state index in [1.807, 2.05) is 6.92 Å². The maximum absolute atomic E-state index is 10.5. The average molecular weight is 309 g/mol. The summed E-state index contributed by atoms with van der Waals surface area (Å²) < 4.78 is 0. The number of rotatable bonds is 9. The predicted octanol–water partition coefficient (Wildman–Crippen LogP) is 1.23. The van der Waals surface area contributed by atoms with Crippen LogP contribution in [0.25, 0.3) is 0 Å². The molecular formula is C13H19N5O2S. The Morgan fingerprint density at radius 3 is 3.10 bits per heavy atom. The third kappa shape index (κ3) is 6.72. The molecule has 1 rings (SSSR count). The molecule has 8 heteroatoms. The van der Waals surface area contributed by atoms with Gasteiger partial charge in [0, 0.05) is 23.7 Å². The van der Waals surface area contributed by atoms with E-state index in [1.54, 1.807) is 25.0 Å². The molecule has 0 spiro atoms. The summed E-state index contributed by atoms with van der Waals surface area (Å²) in [6.07, 6.45) is 7.80. The van der Waals surface area contributed by atoms with Crippen molar-refractivity contribution in [1.29, 1.82) is 0 Å². The maximum Gasteiger partial charge on any atom is 0.274 e. The largest absolute Gasteiger partial charge is 0.366 e. The number of nitrogens with one attached hydrogen (secondary N) is 3. The number of nitro groups is 1. The zero-order chi connectivity index (χ0) is 15.7. The van der Waals surface area contributed by atoms with E-state index in [-0.39, 0.29) is 6.04 Å². The first-order chi connectivity index (χ1) is 10.0. The molecule has 0 amide bonds. The van der Waals surface area contributed by atoms with Gasteiger partial charge in [0.1, 0.15) is 0 Å². The highest BCUT2D eigenvalue weighted by Gasteiger charge is 2.05. The van der Waals surface area contributed by atoms with Gasteiger partial charge in [0.2, 0.25) is 0 Å². The van der Waals surface area contributed by atoms with Crippen LogP contribution in [0.15, 0.2) is 18.3 Å². The van der Waals surface area contributed by atoms with Crippen molar-refractivity contribution in [3.63, 3.8) is 0 Å². The highest BCUT2D eigenvalue weighted by atomic mass is 32.2. The smallest absolute Gasteiger partial charge is 0.274 e. The summed E-state index contributed by atoms with van der Waals surface area (Å²) in [6, 6.07) is -0.274. The third-order valence-electron chi connectivity index (χ3n) is 2.60. The van der Waals surface area contributed by atoms with E-state index in [9.17, 15) is 10.1 Å². The van der Waals surface area contributed by atoms with Crippen molar-refractivity contribution in [3.05, 3.63) is 39.9 Å². The van der Waals surface area contributed by atoms with Crippen molar-refractivity contribution >= 4 is 11.8 Å². The normalized spacial score (nSPS) is 12.5. The molecule has 1 atom stereocenters. The van der Waals surface area contributed by atoms with Crippen LogP contribution in [-0.2, 0) is 5.75 Å². The molecule has 1 aromatic rings. The van der Waals surface area contributed by atoms with Crippen LogP contribution in [0.5, 0.6) is 0 Å². The quantitative estimate of drug-likeness (QED) is 0.275. The Kier molecular flexibility index (Phi) is 7.18. The number of aryl methyl sites for hydroxylation is 1. The van der Waals surface area contributed by atoms with Crippen LogP contribution in [-0.4, -0.2) is 33.2 Å². The van der Waals surface area contributed by atoms with Crippen LogP contribution in [0.3, 0.4) is 0 Å². The lowest BCUT2D eigenvalue weighted by molar-refractivity contribution is -0.404. The van der Waals surface area contributed by atoms with E-state index in [0.717, 1.165) is 29.1 Å². The van der Waals surface area contributed by atoms with Gasteiger partial charge in [-0.25, -0.2) is 4.98 Å². The van der Waals surface area contributed by atoms with Gasteiger partial charge < -0.3 is 15.6 Å². The fourth-order valence-corrected chi connectivity index (χ4v) is 2.37. The van der Waals surface area contributed by atoms with E-state index >= 15 is 0 Å². The molecule has 1 unspecified atom stereocenters. The van der Waals surface area contributed by atoms with Crippen molar-refractivity contribution in [2.24, 2.45) is 0 Å². The molecule has 21 heavy (non-hydrogen) atoms. The highest BCUT2D eigenvalue weighted by molar-refractivity contribution is 7.98. The Hall–Kier alpha value is -2.14. The fraction of sp³-hybridized carbons (Fsp3) is 0.462. The molecule has 0 saturated carbocycles. The van der Waals surface area contributed by atoms with Crippen molar-refractivity contribution in [2.45, 2.75) is 25.6 Å². The molecule has 3 N–H and O–H groups in total. The van der Waals surface area contributed by atoms with E-state index in [4.69, 9.17) is 6.42 Å². The number of nitrogens with zero attached hydrogens (tertiary/aromatic N) is 2. The maximum atomic E-state index is 10.5. The third-order valence-corrected chi connectivity index (χ3v) is 3.58. The van der Waals surface area contributed by atoms with E-state index in [0.29, 0.717) is 12.4 Å². The Morgan fingerprint density at radius 2 is 2.52 bits per heavy atom. The molecule has 114 valence electrons. The van der Waals surface area contributed by atoms with Crippen molar-refractivity contribution < 1.29 is 4.92 Å². The van der Waals surface area contributed by atoms with Crippen LogP contribution in [0.1, 0.15) is 18.3 Å². The number of terminal acetylenes is 1. The van der Waals surface area contributed by atoms with Gasteiger partial charge >= 0.3 is 0 Å². The van der Waals surface area contributed by atoms with Crippen LogP contribution < -0.4 is 10.6 Å². The Balaban J connectivity index is 2.32. The van der Waals surface area contributed by atoms with Gasteiger partial charge in [-0.1, -0.05) is 5.92 Å². The summed E-state index contributed by atoms with van der Waals surface area (Å²) >= 11 is 1.71. The van der Waals surface area contributed by atoms with Crippen LogP contribution in [0.2, 0.25) is 0 Å². The molecule has 1 heterocycles. The molecule has 0 aliphatic carbocycles. The molecule has 0 aliphatic heterocycles. The Morgan fingerprint density at radius 1 is 1.76 bits per heavy atom. The number of hydrogen-bond acceptors (Lipinski definition) is 6. The van der Waals surface area contributed by atoms with Gasteiger partial charge in [-0.15, -0.1) is 6.42 Å². The van der Waals surface area contributed by atoms with E-state index < -0.39 is 4.92 Å². The van der Waals surface area contributed by atoms with Gasteiger partial charge in [0.15, 0.2) is 5.82 Å². The first-order valence-corrected chi connectivity index (χ1v) is 7.57. The van der Waals surface area contributed by atoms with Gasteiger partial charge in [0.05, 0.1) is 23.0 Å². The Bertz CT molecular complexity index is 535. The van der Waals surface area contributed by atoms with Crippen molar-refractivity contribution in [2.75, 3.05) is 12.3 Å². The van der Waals surface area contributed by atoms with Gasteiger partial charge in [0.25, 0.3) is 6.20 Å². The minimum Gasteiger partial charge on any atom is -0.366 e. The minimum absolute atomic E-state index is 0.274. The van der Waals surface area contributed by atoms with Crippen LogP contribution in [0.4, 0.5) is 0 Å². The molecule has 0 radical (unpaired) electrons. The lowest BCUT2D eigenvalue weighted by Gasteiger charge is -2.13. The topological polar surface area (TPSA) is 95.9 Å². The monoisotopic (exact) mass is 309 g/mol. The summed E-state index contributed by atoms with van der Waals surface area (Å²) in [5.41, 5.74) is 2.09. The SMILES string of the molecule is C#CC(C)NC(=C[N+](=O)[O-])NCCSCc1[nH]cnc1C. The molecular weight excluding hydrogens is 290 g/mol. The number of imidazole rings is 1. The molecule has 0 bridgehead atoms. The average Bonchev–Trinajstić information content (AvgIpc) is 2.83. The molecule has 0 aliphatic rings. The molecule has 0 aromatic carbocycles. The summed E-state index contributed by atoms with van der Waals surface area (Å²) in [7, 11) is 0. The zero-order valence-corrected chi connectivity index (χ0v) is 12.9. The summed E-state index contributed by atoms with van der Waals surface area (Å²) in [5.74, 6) is 4.42. The van der Waals surface area contributed by atoms with Crippen molar-refractivity contribution in [1.82, 2.24) is 20.6 Å². The fourth-order valence-electron chi connectivity index (χ4n) is 1.48. The van der Waals surface area contributed by atoms with E-state index in [2.05, 4.69) is 26.5 Å². The predicted molar refractivity (Wildman–Crippen MR) is 84.0 cm³/mol. The van der Waals surface area contributed by atoms with Crippen molar-refractivity contribution in [3.8, 4) is 12.3 Å². The van der Waals surface area contributed by atoms with Gasteiger partial charge in [-0.05, 0) is 13.8 Å². The van der Waals surface area contributed by atoms with Gasteiger partial charge in [-0.3, -0.25) is 10.1 Å². The Labute approximate surface area is 128 Å². The first-order valence-electron chi connectivity index (χ1n) is 6.41. The van der Waals surface area contributed by atoms with E-state index in [1.165, 1.54) is 0 Å². The zero-order valence-electron chi connectivity index (χ0n) is 12.0. The molecule has 1 aromatic heterocycles. The number of H-pyrrole nitrogens is 1. The van der Waals surface area contributed by atoms with Crippen LogP contribution >= 0.6 is 11.8 Å². The second-order valence-electron chi connectivity index (χ2n) is 4.31. The number of hydrogen-bond donors (Lipinski definition) is 3. The van der Waals surface area contributed by atoms with Gasteiger partial charge in [-0.2, -0.15) is 11.8 Å². The summed E-state index contributed by atoms with van der Waals surface area (Å²) in [6.45, 7) is 4.31. The highest BCUT2D eigenvalue weighted by Crippen LogP contribution is 2.11. The van der Waals surface area contributed by atoms with Crippen LogP contribution in [0, 0.1) is 29.4 Å². The number of aromatic amines is 1. The first kappa shape index (κ1) is 16.9. The number of thioether (sulfide) groups is 1. The second-order valence-corrected chi connectivity index (χ2v) is 5.41. The standard InChI is InChI=1S/C13H19N5O2S/c1-4-10(2)17-13(7-18(19)20)14-5-6-21-8-12-11(3)15-9-16-12/h1,7,9-10,14,17H,5-6,8H2,2-3H3,(H,15,16). The number of aromatic nitrogens is 2. The molecule has 0 saturated heterocycles. The lowest BCUT2D eigenvalue weighted by atomic mass is 10.3. The molecule has 0 fully saturated rings. The second kappa shape index (κ2) is 8.92. The summed E-state index contributed by atoms with van der Waals surface area (Å²) in [5, 5.41) is 16.4. The lowest BCUT2D eigenvalue weighted by Crippen LogP contribution is -2.34. The molecule has 7 nitrogen and oxygen atoms in total. The minimum atomic E-state index is -0.514.